The van der Waals surface area contributed by atoms with Crippen LogP contribution in [0, 0.1) is 40.4 Å². The minimum atomic E-state index is -1.64. The molecule has 2 saturated heterocycles. The summed E-state index contributed by atoms with van der Waals surface area (Å²) in [5, 5.41) is 94.3. The standard InChI is InChI=1S/C40H64O14/c1-19(2)40(50,20(3)42)15-11-24(35(48)49)26-9-8-25-23-7-6-21-16-22(10-13-38(21,4)27(23)12-14-39(25,26)5)52-37-34(32(46)31(45)29(17-41)53-37)54-36-33(47)30(44)28(43)18-51-36/h7,12,19-22,24-26,28-34,36-37,41-47,50H,6,8-11,13-18H2,1-5H3,(H,48,49)/t20-,21-,22+,24-,25+,26-,28+,29-,30+,31-,32+,33-,34-,36+,37-,38+,39+,40-/m1/s1. The molecule has 2 heterocycles. The fourth-order valence-electron chi connectivity index (χ4n) is 11.1. The van der Waals surface area contributed by atoms with E-state index in [2.05, 4.69) is 26.0 Å². The Labute approximate surface area is 317 Å². The van der Waals surface area contributed by atoms with Crippen molar-refractivity contribution in [3.8, 4) is 0 Å². The Balaban J connectivity index is 1.16. The van der Waals surface area contributed by atoms with Crippen molar-refractivity contribution in [3.05, 3.63) is 23.3 Å². The fourth-order valence-corrected chi connectivity index (χ4v) is 11.1. The zero-order chi connectivity index (χ0) is 39.5. The van der Waals surface area contributed by atoms with Crippen molar-refractivity contribution < 1.29 is 69.7 Å². The molecule has 4 aliphatic carbocycles. The van der Waals surface area contributed by atoms with E-state index in [9.17, 15) is 50.8 Å². The molecule has 0 unspecified atom stereocenters. The molecule has 0 radical (unpaired) electrons. The predicted octanol–water partition coefficient (Wildman–Crippen LogP) is 1.38. The van der Waals surface area contributed by atoms with Crippen LogP contribution in [-0.2, 0) is 23.7 Å². The van der Waals surface area contributed by atoms with Crippen LogP contribution in [0.3, 0.4) is 0 Å². The summed E-state index contributed by atoms with van der Waals surface area (Å²) in [5.41, 5.74) is 0.886. The first-order valence-corrected chi connectivity index (χ1v) is 20.0. The number of carboxylic acid groups (broad SMARTS) is 1. The van der Waals surface area contributed by atoms with Crippen LogP contribution in [0.1, 0.15) is 92.4 Å². The monoisotopic (exact) mass is 768 g/mol. The number of ether oxygens (including phenoxy) is 4. The maximum atomic E-state index is 12.8. The Morgan fingerprint density at radius 3 is 2.35 bits per heavy atom. The normalized spacial score (nSPS) is 46.0. The molecule has 6 aliphatic rings. The first kappa shape index (κ1) is 42.1. The van der Waals surface area contributed by atoms with Crippen LogP contribution in [0.15, 0.2) is 23.3 Å². The Morgan fingerprint density at radius 1 is 0.981 bits per heavy atom. The lowest BCUT2D eigenvalue weighted by molar-refractivity contribution is -0.363. The van der Waals surface area contributed by atoms with E-state index in [0.29, 0.717) is 19.3 Å². The van der Waals surface area contributed by atoms with Crippen molar-refractivity contribution in [2.75, 3.05) is 13.2 Å². The van der Waals surface area contributed by atoms with E-state index < -0.39 is 85.5 Å². The van der Waals surface area contributed by atoms with Crippen molar-refractivity contribution in [1.82, 2.24) is 0 Å². The molecule has 14 nitrogen and oxygen atoms in total. The number of hydrogen-bond donors (Lipinski definition) is 9. The number of aliphatic hydroxyl groups is 8. The number of aliphatic carboxylic acids is 1. The molecule has 0 aromatic heterocycles. The van der Waals surface area contributed by atoms with Crippen LogP contribution >= 0.6 is 0 Å². The van der Waals surface area contributed by atoms with Gasteiger partial charge in [0.2, 0.25) is 0 Å². The van der Waals surface area contributed by atoms with E-state index in [1.165, 1.54) is 11.1 Å². The van der Waals surface area contributed by atoms with Crippen LogP contribution in [0.2, 0.25) is 0 Å². The van der Waals surface area contributed by atoms with Gasteiger partial charge >= 0.3 is 5.97 Å². The maximum Gasteiger partial charge on any atom is 0.306 e. The van der Waals surface area contributed by atoms with Crippen LogP contribution < -0.4 is 0 Å². The summed E-state index contributed by atoms with van der Waals surface area (Å²) in [7, 11) is 0. The molecule has 2 aliphatic heterocycles. The van der Waals surface area contributed by atoms with Gasteiger partial charge in [0.05, 0.1) is 36.9 Å². The van der Waals surface area contributed by atoms with Crippen molar-refractivity contribution in [2.24, 2.45) is 40.4 Å². The summed E-state index contributed by atoms with van der Waals surface area (Å²) in [4.78, 5) is 12.8. The second kappa shape index (κ2) is 16.0. The van der Waals surface area contributed by atoms with Crippen molar-refractivity contribution in [1.29, 1.82) is 0 Å². The number of allylic oxidation sites excluding steroid dienone is 4. The number of hydrogen-bond acceptors (Lipinski definition) is 13. The van der Waals surface area contributed by atoms with Crippen LogP contribution in [0.25, 0.3) is 0 Å². The molecule has 6 rings (SSSR count). The lowest BCUT2D eigenvalue weighted by Gasteiger charge is -2.54. The molecule has 0 aromatic carbocycles. The number of carboxylic acids is 1. The summed E-state index contributed by atoms with van der Waals surface area (Å²) in [5.74, 6) is -1.36. The van der Waals surface area contributed by atoms with Gasteiger partial charge in [0.25, 0.3) is 0 Å². The molecule has 9 N–H and O–H groups in total. The largest absolute Gasteiger partial charge is 0.481 e. The quantitative estimate of drug-likeness (QED) is 0.137. The highest BCUT2D eigenvalue weighted by Crippen LogP contribution is 2.65. The zero-order valence-corrected chi connectivity index (χ0v) is 32.2. The molecule has 308 valence electrons. The molecular weight excluding hydrogens is 704 g/mol. The summed E-state index contributed by atoms with van der Waals surface area (Å²) in [6.45, 7) is 8.90. The Bertz CT molecular complexity index is 1390. The van der Waals surface area contributed by atoms with E-state index in [-0.39, 0.29) is 53.6 Å². The van der Waals surface area contributed by atoms with E-state index in [0.717, 1.165) is 32.1 Å². The molecule has 2 saturated carbocycles. The maximum absolute atomic E-state index is 12.8. The van der Waals surface area contributed by atoms with Gasteiger partial charge in [-0.25, -0.2) is 0 Å². The van der Waals surface area contributed by atoms with Crippen LogP contribution in [0.4, 0.5) is 0 Å². The van der Waals surface area contributed by atoms with Crippen molar-refractivity contribution >= 4 is 5.97 Å². The van der Waals surface area contributed by atoms with E-state index in [1.54, 1.807) is 6.92 Å². The second-order valence-electron chi connectivity index (χ2n) is 18.0. The van der Waals surface area contributed by atoms with Gasteiger partial charge < -0.3 is 64.9 Å². The fraction of sp³-hybridized carbons (Fsp3) is 0.875. The topological polar surface area (TPSA) is 236 Å². The number of aliphatic hydroxyl groups excluding tert-OH is 7. The summed E-state index contributed by atoms with van der Waals surface area (Å²) in [6.07, 6.45) is -3.58. The Morgan fingerprint density at radius 2 is 1.70 bits per heavy atom. The first-order chi connectivity index (χ1) is 25.4. The van der Waals surface area contributed by atoms with Gasteiger partial charge in [-0.3, -0.25) is 4.79 Å². The minimum Gasteiger partial charge on any atom is -0.481 e. The van der Waals surface area contributed by atoms with E-state index in [1.807, 2.05) is 13.8 Å². The van der Waals surface area contributed by atoms with Crippen LogP contribution in [-0.4, -0.2) is 138 Å². The molecule has 0 bridgehead atoms. The van der Waals surface area contributed by atoms with Gasteiger partial charge in [0, 0.05) is 0 Å². The molecule has 0 spiro atoms. The third kappa shape index (κ3) is 7.37. The third-order valence-corrected chi connectivity index (χ3v) is 14.8. The van der Waals surface area contributed by atoms with Gasteiger partial charge in [0.1, 0.15) is 42.7 Å². The average molecular weight is 769 g/mol. The highest BCUT2D eigenvalue weighted by molar-refractivity contribution is 5.70. The van der Waals surface area contributed by atoms with Gasteiger partial charge in [-0.15, -0.1) is 0 Å². The third-order valence-electron chi connectivity index (χ3n) is 14.8. The summed E-state index contributed by atoms with van der Waals surface area (Å²) < 4.78 is 23.7. The van der Waals surface area contributed by atoms with E-state index in [4.69, 9.17) is 18.9 Å². The smallest absolute Gasteiger partial charge is 0.306 e. The summed E-state index contributed by atoms with van der Waals surface area (Å²) >= 11 is 0. The molecular formula is C40H64O14. The zero-order valence-electron chi connectivity index (χ0n) is 32.2. The SMILES string of the molecule is CC(C)[C@](O)(CC[C@@H](C(=O)O)[C@H]1CC[C@H]2C3=CC[C@@H]4C[C@@H](O[C@@H]5O[C@H](CO)[C@@H](O)[C@H](O)[C@H]5O[C@@H]5OC[C@H](O)[C@H](O)[C@H]5O)CC[C@]4(C)C3=CC[C@]12C)[C@@H](C)O. The Hall–Kier alpha value is -1.53. The number of rotatable bonds is 12. The molecule has 0 aromatic rings. The molecule has 14 heteroatoms. The van der Waals surface area contributed by atoms with Gasteiger partial charge in [-0.2, -0.15) is 0 Å². The molecule has 18 atom stereocenters. The van der Waals surface area contributed by atoms with Gasteiger partial charge in [-0.05, 0) is 110 Å². The minimum absolute atomic E-state index is 0.0745. The lowest BCUT2D eigenvalue weighted by Crippen LogP contribution is -2.63. The van der Waals surface area contributed by atoms with E-state index >= 15 is 0 Å². The van der Waals surface area contributed by atoms with Crippen LogP contribution in [0.5, 0.6) is 0 Å². The highest BCUT2D eigenvalue weighted by Gasteiger charge is 2.58. The van der Waals surface area contributed by atoms with Crippen molar-refractivity contribution in [3.63, 3.8) is 0 Å². The predicted molar refractivity (Wildman–Crippen MR) is 192 cm³/mol. The molecule has 0 amide bonds. The molecule has 4 fully saturated rings. The van der Waals surface area contributed by atoms with Crippen molar-refractivity contribution in [2.45, 2.75) is 166 Å². The molecule has 54 heavy (non-hydrogen) atoms. The number of fused-ring (bicyclic) bond motifs is 5. The second-order valence-corrected chi connectivity index (χ2v) is 18.0. The lowest BCUT2D eigenvalue weighted by atomic mass is 9.51. The summed E-state index contributed by atoms with van der Waals surface area (Å²) in [6, 6.07) is 0. The van der Waals surface area contributed by atoms with Gasteiger partial charge in [-0.1, -0.05) is 39.8 Å². The highest BCUT2D eigenvalue weighted by atomic mass is 16.8. The Kier molecular flexibility index (Phi) is 12.5. The van der Waals surface area contributed by atoms with Gasteiger partial charge in [0.15, 0.2) is 12.6 Å². The first-order valence-electron chi connectivity index (χ1n) is 20.0. The number of carbonyl (C=O) groups is 1. The average Bonchev–Trinajstić information content (AvgIpc) is 3.47.